The highest BCUT2D eigenvalue weighted by Gasteiger charge is 2.36. The third-order valence-electron chi connectivity index (χ3n) is 5.18. The van der Waals surface area contributed by atoms with Crippen LogP contribution in [0.4, 0.5) is 0 Å². The molecule has 6 heteroatoms. The number of fused-ring (bicyclic) bond motifs is 1. The van der Waals surface area contributed by atoms with Crippen LogP contribution in [-0.4, -0.2) is 35.2 Å². The van der Waals surface area contributed by atoms with Crippen molar-refractivity contribution >= 4 is 10.2 Å². The van der Waals surface area contributed by atoms with Crippen molar-refractivity contribution in [1.82, 2.24) is 8.61 Å². The Morgan fingerprint density at radius 3 is 2.58 bits per heavy atom. The summed E-state index contributed by atoms with van der Waals surface area (Å²) in [6.07, 6.45) is 2.93. The van der Waals surface area contributed by atoms with Gasteiger partial charge in [-0.15, -0.1) is 0 Å². The summed E-state index contributed by atoms with van der Waals surface area (Å²) >= 11 is 0. The van der Waals surface area contributed by atoms with Crippen molar-refractivity contribution in [3.05, 3.63) is 65.2 Å². The standard InChI is InChI=1S/C20H24N2O3S/c23-20-7-3-4-17(12-20)14-22(13-16-8-9-16)26(24,25)21-11-10-18-5-1-2-6-19(18)15-21/h1-7,12,16,23H,8-11,13-15H2. The van der Waals surface area contributed by atoms with E-state index in [1.807, 2.05) is 24.3 Å². The molecule has 1 heterocycles. The van der Waals surface area contributed by atoms with Crippen LogP contribution in [0, 0.1) is 5.92 Å². The predicted molar refractivity (Wildman–Crippen MR) is 101 cm³/mol. The molecular formula is C20H24N2O3S. The molecule has 1 aliphatic carbocycles. The van der Waals surface area contributed by atoms with E-state index >= 15 is 0 Å². The number of benzene rings is 2. The van der Waals surface area contributed by atoms with Crippen LogP contribution in [-0.2, 0) is 29.7 Å². The maximum atomic E-state index is 13.3. The van der Waals surface area contributed by atoms with Gasteiger partial charge in [-0.25, -0.2) is 0 Å². The van der Waals surface area contributed by atoms with E-state index in [1.54, 1.807) is 26.8 Å². The summed E-state index contributed by atoms with van der Waals surface area (Å²) in [5.74, 6) is 0.623. The molecule has 2 aromatic rings. The van der Waals surface area contributed by atoms with Crippen LogP contribution in [0.2, 0.25) is 0 Å². The van der Waals surface area contributed by atoms with Crippen molar-refractivity contribution in [3.63, 3.8) is 0 Å². The SMILES string of the molecule is O=S(=O)(N1CCc2ccccc2C1)N(Cc1cccc(O)c1)CC1CC1. The van der Waals surface area contributed by atoms with Gasteiger partial charge in [0.25, 0.3) is 10.2 Å². The van der Waals surface area contributed by atoms with Gasteiger partial charge in [0.1, 0.15) is 5.75 Å². The van der Waals surface area contributed by atoms with Crippen LogP contribution >= 0.6 is 0 Å². The first-order valence-electron chi connectivity index (χ1n) is 9.12. The molecule has 1 fully saturated rings. The molecule has 0 spiro atoms. The van der Waals surface area contributed by atoms with E-state index in [4.69, 9.17) is 0 Å². The predicted octanol–water partition coefficient (Wildman–Crippen LogP) is 2.91. The lowest BCUT2D eigenvalue weighted by Crippen LogP contribution is -2.46. The van der Waals surface area contributed by atoms with E-state index in [-0.39, 0.29) is 5.75 Å². The minimum absolute atomic E-state index is 0.165. The van der Waals surface area contributed by atoms with Gasteiger partial charge in [0.2, 0.25) is 0 Å². The molecule has 2 aromatic carbocycles. The molecule has 0 saturated heterocycles. The molecule has 138 valence electrons. The van der Waals surface area contributed by atoms with Gasteiger partial charge >= 0.3 is 0 Å². The van der Waals surface area contributed by atoms with Crippen LogP contribution in [0.1, 0.15) is 29.5 Å². The molecular weight excluding hydrogens is 348 g/mol. The average Bonchev–Trinajstić information content (AvgIpc) is 3.45. The number of rotatable bonds is 6. The molecule has 5 nitrogen and oxygen atoms in total. The van der Waals surface area contributed by atoms with E-state index < -0.39 is 10.2 Å². The van der Waals surface area contributed by atoms with Crippen molar-refractivity contribution in [2.24, 2.45) is 5.92 Å². The zero-order valence-electron chi connectivity index (χ0n) is 14.7. The van der Waals surface area contributed by atoms with Crippen LogP contribution in [0.5, 0.6) is 5.75 Å². The zero-order valence-corrected chi connectivity index (χ0v) is 15.5. The summed E-state index contributed by atoms with van der Waals surface area (Å²) in [7, 11) is -3.55. The fourth-order valence-electron chi connectivity index (χ4n) is 3.52. The Bertz CT molecular complexity index is 893. The second-order valence-corrected chi connectivity index (χ2v) is 9.19. The fraction of sp³-hybridized carbons (Fsp3) is 0.400. The Hall–Kier alpha value is -1.89. The van der Waals surface area contributed by atoms with E-state index in [0.717, 1.165) is 30.4 Å². The molecule has 0 amide bonds. The van der Waals surface area contributed by atoms with E-state index in [2.05, 4.69) is 6.07 Å². The number of phenols is 1. The summed E-state index contributed by atoms with van der Waals surface area (Å²) in [5, 5.41) is 9.70. The van der Waals surface area contributed by atoms with Crippen LogP contribution in [0.15, 0.2) is 48.5 Å². The number of phenolic OH excluding ortho intramolecular Hbond substituents is 1. The highest BCUT2D eigenvalue weighted by atomic mass is 32.2. The topological polar surface area (TPSA) is 60.9 Å². The van der Waals surface area contributed by atoms with Crippen LogP contribution < -0.4 is 0 Å². The minimum Gasteiger partial charge on any atom is -0.508 e. The third kappa shape index (κ3) is 3.77. The Kier molecular flexibility index (Phi) is 4.73. The Morgan fingerprint density at radius 1 is 1.08 bits per heavy atom. The summed E-state index contributed by atoms with van der Waals surface area (Å²) in [6, 6.07) is 14.9. The first kappa shape index (κ1) is 17.5. The Balaban J connectivity index is 1.57. The van der Waals surface area contributed by atoms with Gasteiger partial charge in [0.05, 0.1) is 0 Å². The first-order valence-corrected chi connectivity index (χ1v) is 10.5. The maximum Gasteiger partial charge on any atom is 0.282 e. The number of nitrogens with zero attached hydrogens (tertiary/aromatic N) is 2. The van der Waals surface area contributed by atoms with Crippen molar-refractivity contribution < 1.29 is 13.5 Å². The molecule has 4 rings (SSSR count). The van der Waals surface area contributed by atoms with Crippen molar-refractivity contribution in [2.75, 3.05) is 13.1 Å². The maximum absolute atomic E-state index is 13.3. The summed E-state index contributed by atoms with van der Waals surface area (Å²) < 4.78 is 29.9. The molecule has 0 aromatic heterocycles. The lowest BCUT2D eigenvalue weighted by molar-refractivity contribution is 0.314. The average molecular weight is 372 g/mol. The lowest BCUT2D eigenvalue weighted by Gasteiger charge is -2.33. The van der Waals surface area contributed by atoms with Gasteiger partial charge in [-0.05, 0) is 54.0 Å². The van der Waals surface area contributed by atoms with E-state index in [1.165, 1.54) is 5.56 Å². The van der Waals surface area contributed by atoms with Gasteiger partial charge < -0.3 is 5.11 Å². The van der Waals surface area contributed by atoms with Gasteiger partial charge in [0.15, 0.2) is 0 Å². The number of aromatic hydroxyl groups is 1. The Morgan fingerprint density at radius 2 is 1.85 bits per heavy atom. The molecule has 1 saturated carbocycles. The van der Waals surface area contributed by atoms with Gasteiger partial charge in [-0.2, -0.15) is 17.0 Å². The number of hydrogen-bond acceptors (Lipinski definition) is 3. The lowest BCUT2D eigenvalue weighted by atomic mass is 10.0. The molecule has 0 unspecified atom stereocenters. The normalized spacial score (nSPS) is 18.0. The van der Waals surface area contributed by atoms with Crippen molar-refractivity contribution in [3.8, 4) is 5.75 Å². The monoisotopic (exact) mass is 372 g/mol. The van der Waals surface area contributed by atoms with E-state index in [9.17, 15) is 13.5 Å². The van der Waals surface area contributed by atoms with Crippen molar-refractivity contribution in [2.45, 2.75) is 32.4 Å². The minimum atomic E-state index is -3.55. The first-order chi connectivity index (χ1) is 12.5. The smallest absolute Gasteiger partial charge is 0.282 e. The molecule has 0 atom stereocenters. The second-order valence-electron chi connectivity index (χ2n) is 7.27. The van der Waals surface area contributed by atoms with Crippen LogP contribution in [0.3, 0.4) is 0 Å². The van der Waals surface area contributed by atoms with Gasteiger partial charge in [-0.1, -0.05) is 36.4 Å². The molecule has 1 N–H and O–H groups in total. The molecule has 2 aliphatic rings. The van der Waals surface area contributed by atoms with Crippen LogP contribution in [0.25, 0.3) is 0 Å². The molecule has 1 aliphatic heterocycles. The molecule has 0 radical (unpaired) electrons. The molecule has 0 bridgehead atoms. The quantitative estimate of drug-likeness (QED) is 0.848. The molecule has 26 heavy (non-hydrogen) atoms. The number of hydrogen-bond donors (Lipinski definition) is 1. The van der Waals surface area contributed by atoms with Crippen molar-refractivity contribution in [1.29, 1.82) is 0 Å². The van der Waals surface area contributed by atoms with E-state index in [0.29, 0.717) is 32.1 Å². The fourth-order valence-corrected chi connectivity index (χ4v) is 5.18. The zero-order chi connectivity index (χ0) is 18.1. The largest absolute Gasteiger partial charge is 0.508 e. The summed E-state index contributed by atoms with van der Waals surface area (Å²) in [6.45, 7) is 1.79. The highest BCUT2D eigenvalue weighted by molar-refractivity contribution is 7.86. The van der Waals surface area contributed by atoms with Gasteiger partial charge in [0, 0.05) is 26.2 Å². The third-order valence-corrected chi connectivity index (χ3v) is 7.07. The summed E-state index contributed by atoms with van der Waals surface area (Å²) in [4.78, 5) is 0. The second kappa shape index (κ2) is 7.02. The Labute approximate surface area is 155 Å². The summed E-state index contributed by atoms with van der Waals surface area (Å²) in [5.41, 5.74) is 3.14. The van der Waals surface area contributed by atoms with Gasteiger partial charge in [-0.3, -0.25) is 0 Å². The highest BCUT2D eigenvalue weighted by Crippen LogP contribution is 2.32.